The first kappa shape index (κ1) is 38.0. The van der Waals surface area contributed by atoms with Gasteiger partial charge in [-0.15, -0.1) is 5.11 Å². The van der Waals surface area contributed by atoms with Crippen molar-refractivity contribution in [2.75, 3.05) is 13.6 Å². The van der Waals surface area contributed by atoms with Gasteiger partial charge in [-0.05, 0) is 119 Å². The molecule has 1 aliphatic heterocycles. The molecule has 4 rings (SSSR count). The van der Waals surface area contributed by atoms with Gasteiger partial charge in [0, 0.05) is 40.6 Å². The molecule has 3 N–H and O–H groups in total. The Hall–Kier alpha value is -2.86. The quantitative estimate of drug-likeness (QED) is 0.0625. The van der Waals surface area contributed by atoms with Gasteiger partial charge in [0.15, 0.2) is 5.84 Å². The predicted molar refractivity (Wildman–Crippen MR) is 204 cm³/mol. The van der Waals surface area contributed by atoms with Gasteiger partial charge in [0.1, 0.15) is 11.4 Å². The second kappa shape index (κ2) is 15.8. The summed E-state index contributed by atoms with van der Waals surface area (Å²) in [5, 5.41) is 14.7. The van der Waals surface area contributed by atoms with Gasteiger partial charge in [0.05, 0.1) is 6.04 Å². The average Bonchev–Trinajstić information content (AvgIpc) is 3.25. The molecule has 9 nitrogen and oxygen atoms in total. The van der Waals surface area contributed by atoms with Crippen LogP contribution in [0, 0.1) is 20.3 Å². The molecule has 48 heavy (non-hydrogen) atoms. The van der Waals surface area contributed by atoms with E-state index >= 15 is 0 Å². The molecule has 2 aromatic rings. The summed E-state index contributed by atoms with van der Waals surface area (Å²) in [5.74, 6) is 6.09. The summed E-state index contributed by atoms with van der Waals surface area (Å²) < 4.78 is 1.03. The van der Waals surface area contributed by atoms with E-state index in [1.165, 1.54) is 0 Å². The number of rotatable bonds is 10. The van der Waals surface area contributed by atoms with E-state index in [-0.39, 0.29) is 28.7 Å². The molecule has 1 aliphatic carbocycles. The maximum Gasteiger partial charge on any atom is 0.270 e. The number of carbonyl (C=O) groups is 2. The number of amidine groups is 1. The Morgan fingerprint density at radius 1 is 1.12 bits per heavy atom. The van der Waals surface area contributed by atoms with Crippen LogP contribution >= 0.6 is 34.2 Å². The minimum Gasteiger partial charge on any atom is -0.352 e. The molecule has 2 aliphatic rings. The van der Waals surface area contributed by atoms with E-state index in [2.05, 4.69) is 95.7 Å². The van der Waals surface area contributed by atoms with Crippen molar-refractivity contribution in [2.45, 2.75) is 105 Å². The lowest BCUT2D eigenvalue weighted by molar-refractivity contribution is -0.134. The maximum atomic E-state index is 14.7. The third-order valence-corrected chi connectivity index (χ3v) is 10.4. The molecule has 1 atom stereocenters. The van der Waals surface area contributed by atoms with Crippen molar-refractivity contribution in [2.24, 2.45) is 42.9 Å². The van der Waals surface area contributed by atoms with Gasteiger partial charge in [-0.3, -0.25) is 14.6 Å². The van der Waals surface area contributed by atoms with Crippen LogP contribution in [0.4, 0.5) is 0 Å². The molecular formula is C37H51ClIN7O2. The Morgan fingerprint density at radius 3 is 2.35 bits per heavy atom. The minimum atomic E-state index is -0.601. The largest absolute Gasteiger partial charge is 0.352 e. The van der Waals surface area contributed by atoms with Gasteiger partial charge in [-0.25, -0.2) is 0 Å². The maximum absolute atomic E-state index is 14.7. The van der Waals surface area contributed by atoms with E-state index in [0.717, 1.165) is 53.2 Å². The second-order valence-electron chi connectivity index (χ2n) is 15.4. The van der Waals surface area contributed by atoms with Crippen LogP contribution in [0.15, 0.2) is 62.8 Å². The number of nitrogens with one attached hydrogen (secondary N) is 1. The van der Waals surface area contributed by atoms with Crippen LogP contribution in [-0.2, 0) is 11.2 Å². The van der Waals surface area contributed by atoms with E-state index in [9.17, 15) is 9.59 Å². The molecule has 2 amide bonds. The van der Waals surface area contributed by atoms with Crippen LogP contribution in [0.1, 0.15) is 114 Å². The number of hydrogen-bond acceptors (Lipinski definition) is 6. The monoisotopic (exact) mass is 787 g/mol. The fourth-order valence-corrected chi connectivity index (χ4v) is 8.13. The minimum absolute atomic E-state index is 0.00141. The van der Waals surface area contributed by atoms with Crippen molar-refractivity contribution in [3.63, 3.8) is 0 Å². The number of azo groups is 1. The lowest BCUT2D eigenvalue weighted by Gasteiger charge is -2.48. The number of carbonyl (C=O) groups excluding carboxylic acids is 2. The third kappa shape index (κ3) is 9.64. The zero-order valence-corrected chi connectivity index (χ0v) is 32.4. The Morgan fingerprint density at radius 2 is 1.79 bits per heavy atom. The standard InChI is InChI=1S/C37H51ClIN7O2/c1-35(2,3)16-14-31(25-8-10-26(11-9-25)33(47)42-19-15-32(44-40)45-41-7)46-34(48)30(22-24-20-28(38)23-29(39)21-24)43-37(46)17-12-27(13-18-37)36(4,5)6/h8-11,20-21,23,27,31H,12-19,22,40H2,1-7H3,(H,42,47)/b44-32-,45-41?. The number of hydrazone groups is 1. The Balaban J connectivity index is 1.67. The average molecular weight is 788 g/mol. The summed E-state index contributed by atoms with van der Waals surface area (Å²) >= 11 is 8.69. The van der Waals surface area contributed by atoms with Crippen LogP contribution in [0.3, 0.4) is 0 Å². The lowest BCUT2D eigenvalue weighted by Crippen LogP contribution is -2.51. The highest BCUT2D eigenvalue weighted by Gasteiger charge is 2.52. The number of hydrogen-bond donors (Lipinski definition) is 2. The third-order valence-electron chi connectivity index (χ3n) is 9.60. The molecular weight excluding hydrogens is 737 g/mol. The normalized spacial score (nSPS) is 21.2. The van der Waals surface area contributed by atoms with E-state index in [0.29, 0.717) is 47.4 Å². The summed E-state index contributed by atoms with van der Waals surface area (Å²) in [6.07, 6.45) is 6.21. The van der Waals surface area contributed by atoms with Crippen molar-refractivity contribution in [1.29, 1.82) is 0 Å². The molecule has 0 aromatic heterocycles. The summed E-state index contributed by atoms with van der Waals surface area (Å²) in [6.45, 7) is 14.0. The van der Waals surface area contributed by atoms with E-state index in [1.807, 2.05) is 36.4 Å². The molecule has 0 bridgehead atoms. The van der Waals surface area contributed by atoms with Crippen LogP contribution in [0.25, 0.3) is 0 Å². The molecule has 1 fully saturated rings. The van der Waals surface area contributed by atoms with Crippen molar-refractivity contribution in [3.8, 4) is 0 Å². The zero-order chi connectivity index (χ0) is 35.3. The van der Waals surface area contributed by atoms with Crippen molar-refractivity contribution in [1.82, 2.24) is 10.2 Å². The number of nitrogens with zero attached hydrogens (tertiary/aromatic N) is 5. The molecule has 1 spiro atoms. The first-order valence-electron chi connectivity index (χ1n) is 16.9. The van der Waals surface area contributed by atoms with E-state index < -0.39 is 5.66 Å². The molecule has 0 radical (unpaired) electrons. The molecule has 1 unspecified atom stereocenters. The Labute approximate surface area is 304 Å². The van der Waals surface area contributed by atoms with Gasteiger partial charge in [-0.2, -0.15) is 10.2 Å². The number of benzene rings is 2. The van der Waals surface area contributed by atoms with Crippen LogP contribution in [0.5, 0.6) is 0 Å². The number of amides is 2. The van der Waals surface area contributed by atoms with Gasteiger partial charge in [-0.1, -0.05) is 65.3 Å². The molecule has 1 heterocycles. The number of nitrogens with two attached hydrogens (primary N) is 1. The summed E-state index contributed by atoms with van der Waals surface area (Å²) in [7, 11) is 1.54. The highest BCUT2D eigenvalue weighted by Crippen LogP contribution is 2.50. The Bertz CT molecular complexity index is 1530. The highest BCUT2D eigenvalue weighted by molar-refractivity contribution is 14.1. The summed E-state index contributed by atoms with van der Waals surface area (Å²) in [4.78, 5) is 35.1. The number of aliphatic imine (C=N–C) groups is 1. The Kier molecular flexibility index (Phi) is 12.5. The number of halogens is 2. The fourth-order valence-electron chi connectivity index (χ4n) is 6.95. The SMILES string of the molecule is CN=N/C(CCNC(=O)c1ccc(C(CCC(C)(C)C)N2C(=O)C(Cc3cc(Cl)cc(I)c3)=NC23CCC(C(C)(C)C)CC3)cc1)=N\N. The zero-order valence-electron chi connectivity index (χ0n) is 29.4. The summed E-state index contributed by atoms with van der Waals surface area (Å²) in [6, 6.07) is 13.4. The van der Waals surface area contributed by atoms with Gasteiger partial charge < -0.3 is 16.1 Å². The first-order valence-corrected chi connectivity index (χ1v) is 18.3. The van der Waals surface area contributed by atoms with Gasteiger partial charge >= 0.3 is 0 Å². The van der Waals surface area contributed by atoms with Crippen molar-refractivity contribution in [3.05, 3.63) is 67.7 Å². The first-order chi connectivity index (χ1) is 22.5. The topological polar surface area (TPSA) is 125 Å². The second-order valence-corrected chi connectivity index (χ2v) is 17.1. The highest BCUT2D eigenvalue weighted by atomic mass is 127. The van der Waals surface area contributed by atoms with Crippen LogP contribution < -0.4 is 11.2 Å². The van der Waals surface area contributed by atoms with Gasteiger partial charge in [0.2, 0.25) is 0 Å². The van der Waals surface area contributed by atoms with Crippen molar-refractivity contribution < 1.29 is 9.59 Å². The van der Waals surface area contributed by atoms with Crippen molar-refractivity contribution >= 4 is 57.6 Å². The smallest absolute Gasteiger partial charge is 0.270 e. The predicted octanol–water partition coefficient (Wildman–Crippen LogP) is 8.74. The lowest BCUT2D eigenvalue weighted by atomic mass is 9.69. The van der Waals surface area contributed by atoms with E-state index in [1.54, 1.807) is 7.05 Å². The fraction of sp³-hybridized carbons (Fsp3) is 0.568. The van der Waals surface area contributed by atoms with Gasteiger partial charge in [0.25, 0.3) is 11.8 Å². The molecule has 2 aromatic carbocycles. The van der Waals surface area contributed by atoms with Crippen LogP contribution in [0.2, 0.25) is 5.02 Å². The van der Waals surface area contributed by atoms with Crippen LogP contribution in [-0.4, -0.2) is 47.5 Å². The molecule has 11 heteroatoms. The molecule has 1 saturated carbocycles. The molecule has 0 saturated heterocycles. The van der Waals surface area contributed by atoms with E-state index in [4.69, 9.17) is 22.4 Å². The summed E-state index contributed by atoms with van der Waals surface area (Å²) in [5.41, 5.74) is 2.80. The molecule has 260 valence electrons.